The first-order valence-electron chi connectivity index (χ1n) is 5.50. The predicted octanol–water partition coefficient (Wildman–Crippen LogP) is 3.86. The molecule has 0 atom stereocenters. The summed E-state index contributed by atoms with van der Waals surface area (Å²) in [5, 5.41) is 10.7. The summed E-state index contributed by atoms with van der Waals surface area (Å²) in [5.74, 6) is 0. The molecule has 4 nitrogen and oxygen atoms in total. The zero-order valence-corrected chi connectivity index (χ0v) is 10.0. The molecular formula is C13H9F3N2O2. The number of nitrogens with zero attached hydrogens (tertiary/aromatic N) is 1. The highest BCUT2D eigenvalue weighted by Crippen LogP contribution is 2.35. The Morgan fingerprint density at radius 3 is 2.35 bits per heavy atom. The fourth-order valence-corrected chi connectivity index (χ4v) is 1.79. The lowest BCUT2D eigenvalue weighted by molar-refractivity contribution is -0.384. The number of nitro benzene ring substituents is 1. The van der Waals surface area contributed by atoms with E-state index in [1.54, 1.807) is 6.07 Å². The summed E-state index contributed by atoms with van der Waals surface area (Å²) >= 11 is 0. The molecule has 0 aliphatic rings. The fourth-order valence-electron chi connectivity index (χ4n) is 1.79. The molecule has 0 saturated carbocycles. The quantitative estimate of drug-likeness (QED) is 0.516. The SMILES string of the molecule is Nc1cc(C(F)(F)F)ccc1-c1cccc([N+](=O)[O-])c1. The van der Waals surface area contributed by atoms with Gasteiger partial charge < -0.3 is 5.73 Å². The first-order valence-corrected chi connectivity index (χ1v) is 5.50. The van der Waals surface area contributed by atoms with Crippen molar-refractivity contribution < 1.29 is 18.1 Å². The van der Waals surface area contributed by atoms with Gasteiger partial charge in [0, 0.05) is 23.4 Å². The van der Waals surface area contributed by atoms with E-state index in [2.05, 4.69) is 0 Å². The molecule has 20 heavy (non-hydrogen) atoms. The lowest BCUT2D eigenvalue weighted by Gasteiger charge is -2.11. The van der Waals surface area contributed by atoms with Gasteiger partial charge in [-0.1, -0.05) is 18.2 Å². The number of anilines is 1. The van der Waals surface area contributed by atoms with Crippen molar-refractivity contribution in [1.29, 1.82) is 0 Å². The van der Waals surface area contributed by atoms with Crippen molar-refractivity contribution in [2.75, 3.05) is 5.73 Å². The maximum Gasteiger partial charge on any atom is 0.416 e. The molecular weight excluding hydrogens is 273 g/mol. The number of nitro groups is 1. The van der Waals surface area contributed by atoms with Gasteiger partial charge in [0.2, 0.25) is 0 Å². The van der Waals surface area contributed by atoms with Crippen molar-refractivity contribution in [3.05, 3.63) is 58.1 Å². The zero-order chi connectivity index (χ0) is 14.9. The Balaban J connectivity index is 2.49. The fraction of sp³-hybridized carbons (Fsp3) is 0.0769. The van der Waals surface area contributed by atoms with E-state index in [4.69, 9.17) is 5.73 Å². The van der Waals surface area contributed by atoms with E-state index >= 15 is 0 Å². The Bertz CT molecular complexity index is 669. The lowest BCUT2D eigenvalue weighted by Crippen LogP contribution is -2.06. The summed E-state index contributed by atoms with van der Waals surface area (Å²) in [5.41, 5.74) is 5.23. The summed E-state index contributed by atoms with van der Waals surface area (Å²) in [6.07, 6.45) is -4.48. The Hall–Kier alpha value is -2.57. The van der Waals surface area contributed by atoms with E-state index in [9.17, 15) is 23.3 Å². The minimum Gasteiger partial charge on any atom is -0.398 e. The average molecular weight is 282 g/mol. The lowest BCUT2D eigenvalue weighted by atomic mass is 10.0. The largest absolute Gasteiger partial charge is 0.416 e. The van der Waals surface area contributed by atoms with Gasteiger partial charge in [-0.3, -0.25) is 10.1 Å². The van der Waals surface area contributed by atoms with Crippen LogP contribution in [0.4, 0.5) is 24.5 Å². The molecule has 0 heterocycles. The maximum absolute atomic E-state index is 12.5. The van der Waals surface area contributed by atoms with E-state index in [0.717, 1.165) is 12.1 Å². The summed E-state index contributed by atoms with van der Waals surface area (Å²) in [6.45, 7) is 0. The maximum atomic E-state index is 12.5. The number of hydrogen-bond donors (Lipinski definition) is 1. The second-order valence-corrected chi connectivity index (χ2v) is 4.11. The molecule has 0 aliphatic carbocycles. The molecule has 0 unspecified atom stereocenters. The Morgan fingerprint density at radius 2 is 1.80 bits per heavy atom. The van der Waals surface area contributed by atoms with Gasteiger partial charge in [-0.05, 0) is 17.7 Å². The third kappa shape index (κ3) is 2.71. The van der Waals surface area contributed by atoms with Crippen molar-refractivity contribution in [2.45, 2.75) is 6.18 Å². The molecule has 0 saturated heterocycles. The van der Waals surface area contributed by atoms with Gasteiger partial charge in [0.1, 0.15) is 0 Å². The van der Waals surface area contributed by atoms with Crippen LogP contribution < -0.4 is 5.73 Å². The topological polar surface area (TPSA) is 69.2 Å². The number of nitrogen functional groups attached to an aromatic ring is 1. The van der Waals surface area contributed by atoms with E-state index in [-0.39, 0.29) is 11.4 Å². The van der Waals surface area contributed by atoms with Crippen LogP contribution in [0.15, 0.2) is 42.5 Å². The van der Waals surface area contributed by atoms with Crippen molar-refractivity contribution in [1.82, 2.24) is 0 Å². The van der Waals surface area contributed by atoms with Gasteiger partial charge in [0.05, 0.1) is 10.5 Å². The van der Waals surface area contributed by atoms with E-state index in [0.29, 0.717) is 11.1 Å². The molecule has 2 rings (SSSR count). The van der Waals surface area contributed by atoms with Gasteiger partial charge in [0.25, 0.3) is 5.69 Å². The van der Waals surface area contributed by atoms with Crippen LogP contribution in [-0.4, -0.2) is 4.92 Å². The summed E-state index contributed by atoms with van der Waals surface area (Å²) in [4.78, 5) is 10.1. The van der Waals surface area contributed by atoms with Gasteiger partial charge in [-0.15, -0.1) is 0 Å². The van der Waals surface area contributed by atoms with Gasteiger partial charge in [0.15, 0.2) is 0 Å². The number of alkyl halides is 3. The number of nitrogens with two attached hydrogens (primary N) is 1. The van der Waals surface area contributed by atoms with Crippen molar-refractivity contribution in [2.24, 2.45) is 0 Å². The van der Waals surface area contributed by atoms with Crippen molar-refractivity contribution in [3.63, 3.8) is 0 Å². The second-order valence-electron chi connectivity index (χ2n) is 4.11. The molecule has 0 fully saturated rings. The molecule has 104 valence electrons. The monoisotopic (exact) mass is 282 g/mol. The molecule has 0 aromatic heterocycles. The normalized spacial score (nSPS) is 11.3. The first-order chi connectivity index (χ1) is 9.29. The minimum atomic E-state index is -4.48. The second kappa shape index (κ2) is 4.84. The Kier molecular flexibility index (Phi) is 3.35. The summed E-state index contributed by atoms with van der Waals surface area (Å²) in [6, 6.07) is 8.47. The van der Waals surface area contributed by atoms with Crippen LogP contribution in [0.2, 0.25) is 0 Å². The van der Waals surface area contributed by atoms with Gasteiger partial charge in [-0.2, -0.15) is 13.2 Å². The molecule has 0 amide bonds. The van der Waals surface area contributed by atoms with Crippen molar-refractivity contribution >= 4 is 11.4 Å². The number of non-ortho nitro benzene ring substituents is 1. The van der Waals surface area contributed by atoms with Crippen LogP contribution in [0.1, 0.15) is 5.56 Å². The highest BCUT2D eigenvalue weighted by molar-refractivity contribution is 5.78. The highest BCUT2D eigenvalue weighted by atomic mass is 19.4. The van der Waals surface area contributed by atoms with E-state index in [1.807, 2.05) is 0 Å². The Morgan fingerprint density at radius 1 is 1.10 bits per heavy atom. The minimum absolute atomic E-state index is 0.0830. The van der Waals surface area contributed by atoms with E-state index < -0.39 is 16.7 Å². The van der Waals surface area contributed by atoms with Gasteiger partial charge in [-0.25, -0.2) is 0 Å². The molecule has 2 N–H and O–H groups in total. The summed E-state index contributed by atoms with van der Waals surface area (Å²) < 4.78 is 37.6. The smallest absolute Gasteiger partial charge is 0.398 e. The zero-order valence-electron chi connectivity index (χ0n) is 10.0. The molecule has 7 heteroatoms. The molecule has 0 bridgehead atoms. The Labute approximate surface area is 111 Å². The third-order valence-electron chi connectivity index (χ3n) is 2.75. The molecule has 2 aromatic rings. The van der Waals surface area contributed by atoms with Crippen LogP contribution in [0.25, 0.3) is 11.1 Å². The van der Waals surface area contributed by atoms with Crippen LogP contribution in [-0.2, 0) is 6.18 Å². The van der Waals surface area contributed by atoms with Crippen molar-refractivity contribution in [3.8, 4) is 11.1 Å². The average Bonchev–Trinajstić information content (AvgIpc) is 2.37. The number of hydrogen-bond acceptors (Lipinski definition) is 3. The highest BCUT2D eigenvalue weighted by Gasteiger charge is 2.30. The molecule has 0 spiro atoms. The van der Waals surface area contributed by atoms with Crippen LogP contribution >= 0.6 is 0 Å². The van der Waals surface area contributed by atoms with Gasteiger partial charge >= 0.3 is 6.18 Å². The number of benzene rings is 2. The first kappa shape index (κ1) is 13.9. The van der Waals surface area contributed by atoms with Crippen LogP contribution in [0.3, 0.4) is 0 Å². The standard InChI is InChI=1S/C13H9F3N2O2/c14-13(15,16)9-4-5-11(12(17)7-9)8-2-1-3-10(6-8)18(19)20/h1-7H,17H2. The predicted molar refractivity (Wildman–Crippen MR) is 67.9 cm³/mol. The molecule has 0 radical (unpaired) electrons. The van der Waals surface area contributed by atoms with Crippen LogP contribution in [0.5, 0.6) is 0 Å². The van der Waals surface area contributed by atoms with E-state index in [1.165, 1.54) is 24.3 Å². The van der Waals surface area contributed by atoms with Crippen LogP contribution in [0, 0.1) is 10.1 Å². The number of halogens is 3. The number of rotatable bonds is 2. The third-order valence-corrected chi connectivity index (χ3v) is 2.75. The molecule has 0 aliphatic heterocycles. The summed E-state index contributed by atoms with van der Waals surface area (Å²) in [7, 11) is 0. The molecule has 2 aromatic carbocycles.